The van der Waals surface area contributed by atoms with Gasteiger partial charge in [0.15, 0.2) is 0 Å². The highest BCUT2D eigenvalue weighted by Gasteiger charge is 2.13. The minimum absolute atomic E-state index is 0.0152. The second-order valence-corrected chi connectivity index (χ2v) is 6.43. The Morgan fingerprint density at radius 1 is 1.00 bits per heavy atom. The Hall–Kier alpha value is -2.14. The van der Waals surface area contributed by atoms with Gasteiger partial charge in [-0.3, -0.25) is 9.59 Å². The third-order valence-electron chi connectivity index (χ3n) is 3.67. The Morgan fingerprint density at radius 3 is 2.29 bits per heavy atom. The molecule has 0 aliphatic carbocycles. The van der Waals surface area contributed by atoms with E-state index in [4.69, 9.17) is 0 Å². The second-order valence-electron chi connectivity index (χ2n) is 5.52. The van der Waals surface area contributed by atoms with Gasteiger partial charge in [0, 0.05) is 4.47 Å². The molecule has 2 N–H and O–H groups in total. The molecule has 0 saturated carbocycles. The van der Waals surface area contributed by atoms with Crippen molar-refractivity contribution < 1.29 is 9.59 Å². The van der Waals surface area contributed by atoms with Crippen molar-refractivity contribution in [3.05, 3.63) is 70.2 Å². The van der Waals surface area contributed by atoms with Crippen LogP contribution in [0.3, 0.4) is 0 Å². The number of halogens is 1. The molecule has 0 aliphatic heterocycles. The van der Waals surface area contributed by atoms with Crippen molar-refractivity contribution in [1.82, 2.24) is 10.6 Å². The van der Waals surface area contributed by atoms with E-state index in [9.17, 15) is 9.59 Å². The normalized spacial score (nSPS) is 11.6. The van der Waals surface area contributed by atoms with Gasteiger partial charge < -0.3 is 10.6 Å². The number of hydrogen-bond donors (Lipinski definition) is 2. The van der Waals surface area contributed by atoms with Crippen LogP contribution in [0.25, 0.3) is 0 Å². The summed E-state index contributed by atoms with van der Waals surface area (Å²) >= 11 is 3.40. The molecule has 1 unspecified atom stereocenters. The van der Waals surface area contributed by atoms with E-state index in [1.807, 2.05) is 61.5 Å². The maximum atomic E-state index is 12.1. The zero-order valence-electron chi connectivity index (χ0n) is 13.6. The minimum Gasteiger partial charge on any atom is -0.348 e. The predicted octanol–water partition coefficient (Wildman–Crippen LogP) is 3.38. The third-order valence-corrected chi connectivity index (χ3v) is 4.20. The summed E-state index contributed by atoms with van der Waals surface area (Å²) in [6, 6.07) is 17.3. The van der Waals surface area contributed by atoms with Crippen molar-refractivity contribution >= 4 is 27.7 Å². The van der Waals surface area contributed by atoms with Gasteiger partial charge in [-0.1, -0.05) is 65.3 Å². The number of carbonyl (C=O) groups excluding carboxylic acids is 2. The van der Waals surface area contributed by atoms with Gasteiger partial charge in [0.2, 0.25) is 11.8 Å². The van der Waals surface area contributed by atoms with Gasteiger partial charge in [0.1, 0.15) is 0 Å². The van der Waals surface area contributed by atoms with Crippen LogP contribution in [0.4, 0.5) is 0 Å². The van der Waals surface area contributed by atoms with E-state index in [2.05, 4.69) is 26.6 Å². The lowest BCUT2D eigenvalue weighted by Crippen LogP contribution is -2.39. The van der Waals surface area contributed by atoms with E-state index < -0.39 is 0 Å². The summed E-state index contributed by atoms with van der Waals surface area (Å²) in [7, 11) is 0. The van der Waals surface area contributed by atoms with Crippen LogP contribution in [-0.2, 0) is 16.0 Å². The van der Waals surface area contributed by atoms with Crippen LogP contribution >= 0.6 is 15.9 Å². The molecular weight excluding hydrogens is 368 g/mol. The van der Waals surface area contributed by atoms with E-state index in [-0.39, 0.29) is 30.8 Å². The fourth-order valence-electron chi connectivity index (χ4n) is 2.38. The molecule has 2 rings (SSSR count). The monoisotopic (exact) mass is 388 g/mol. The molecule has 0 aromatic heterocycles. The second kappa shape index (κ2) is 9.23. The van der Waals surface area contributed by atoms with Crippen molar-refractivity contribution in [3.8, 4) is 0 Å². The van der Waals surface area contributed by atoms with E-state index in [1.165, 1.54) is 0 Å². The van der Waals surface area contributed by atoms with Crippen molar-refractivity contribution in [2.45, 2.75) is 25.8 Å². The Kier molecular flexibility index (Phi) is 7.00. The fourth-order valence-corrected chi connectivity index (χ4v) is 2.65. The third kappa shape index (κ3) is 5.81. The standard InChI is InChI=1S/C19H21BrN2O2/c1-2-17(15-8-10-16(20)11-9-15)22-19(24)13-21-18(23)12-14-6-4-3-5-7-14/h3-11,17H,2,12-13H2,1H3,(H,21,23)(H,22,24). The lowest BCUT2D eigenvalue weighted by Gasteiger charge is -2.18. The van der Waals surface area contributed by atoms with E-state index in [0.717, 1.165) is 22.0 Å². The van der Waals surface area contributed by atoms with Crippen LogP contribution < -0.4 is 10.6 Å². The molecule has 0 saturated heterocycles. The largest absolute Gasteiger partial charge is 0.348 e. The van der Waals surface area contributed by atoms with Crippen LogP contribution in [0.5, 0.6) is 0 Å². The average molecular weight is 389 g/mol. The summed E-state index contributed by atoms with van der Waals surface area (Å²) in [6.45, 7) is 2.00. The molecule has 0 bridgehead atoms. The first kappa shape index (κ1) is 18.2. The molecule has 4 nitrogen and oxygen atoms in total. The highest BCUT2D eigenvalue weighted by Crippen LogP contribution is 2.19. The van der Waals surface area contributed by atoms with Gasteiger partial charge >= 0.3 is 0 Å². The lowest BCUT2D eigenvalue weighted by molar-refractivity contribution is -0.126. The number of rotatable bonds is 7. The molecule has 0 fully saturated rings. The highest BCUT2D eigenvalue weighted by molar-refractivity contribution is 9.10. The molecule has 2 amide bonds. The van der Waals surface area contributed by atoms with Crippen LogP contribution in [0.15, 0.2) is 59.1 Å². The number of carbonyl (C=O) groups is 2. The average Bonchev–Trinajstić information content (AvgIpc) is 2.59. The van der Waals surface area contributed by atoms with Crippen LogP contribution in [0.1, 0.15) is 30.5 Å². The minimum atomic E-state index is -0.189. The van der Waals surface area contributed by atoms with E-state index in [0.29, 0.717) is 0 Å². The topological polar surface area (TPSA) is 58.2 Å². The molecule has 2 aromatic carbocycles. The first-order valence-corrected chi connectivity index (χ1v) is 8.73. The Bertz CT molecular complexity index is 672. The summed E-state index contributed by atoms with van der Waals surface area (Å²) in [6.07, 6.45) is 1.06. The van der Waals surface area contributed by atoms with Crippen molar-refractivity contribution in [2.24, 2.45) is 0 Å². The van der Waals surface area contributed by atoms with Gasteiger partial charge in [0.05, 0.1) is 19.0 Å². The van der Waals surface area contributed by atoms with Crippen LogP contribution in [-0.4, -0.2) is 18.4 Å². The zero-order valence-corrected chi connectivity index (χ0v) is 15.2. The molecule has 126 valence electrons. The summed E-state index contributed by atoms with van der Waals surface area (Å²) < 4.78 is 1.00. The maximum Gasteiger partial charge on any atom is 0.239 e. The van der Waals surface area contributed by atoms with E-state index >= 15 is 0 Å². The van der Waals surface area contributed by atoms with E-state index in [1.54, 1.807) is 0 Å². The molecule has 0 spiro atoms. The Morgan fingerprint density at radius 2 is 1.67 bits per heavy atom. The molecule has 5 heteroatoms. The van der Waals surface area contributed by atoms with Crippen LogP contribution in [0.2, 0.25) is 0 Å². The highest BCUT2D eigenvalue weighted by atomic mass is 79.9. The van der Waals surface area contributed by atoms with Crippen molar-refractivity contribution in [2.75, 3.05) is 6.54 Å². The number of benzene rings is 2. The molecule has 0 heterocycles. The van der Waals surface area contributed by atoms with Gasteiger partial charge in [-0.05, 0) is 29.7 Å². The quantitative estimate of drug-likeness (QED) is 0.763. The first-order chi connectivity index (χ1) is 11.6. The molecule has 24 heavy (non-hydrogen) atoms. The molecule has 2 aromatic rings. The number of nitrogens with one attached hydrogen (secondary N) is 2. The molecular formula is C19H21BrN2O2. The van der Waals surface area contributed by atoms with Crippen molar-refractivity contribution in [3.63, 3.8) is 0 Å². The Balaban J connectivity index is 1.81. The van der Waals surface area contributed by atoms with Gasteiger partial charge in [-0.25, -0.2) is 0 Å². The molecule has 0 radical (unpaired) electrons. The fraction of sp³-hybridized carbons (Fsp3) is 0.263. The SMILES string of the molecule is CCC(NC(=O)CNC(=O)Cc1ccccc1)c1ccc(Br)cc1. The maximum absolute atomic E-state index is 12.1. The Labute approximate surface area is 150 Å². The summed E-state index contributed by atoms with van der Waals surface area (Å²) in [4.78, 5) is 24.0. The summed E-state index contributed by atoms with van der Waals surface area (Å²) in [5, 5.41) is 5.62. The van der Waals surface area contributed by atoms with Gasteiger partial charge in [-0.15, -0.1) is 0 Å². The van der Waals surface area contributed by atoms with Gasteiger partial charge in [0.25, 0.3) is 0 Å². The lowest BCUT2D eigenvalue weighted by atomic mass is 10.0. The summed E-state index contributed by atoms with van der Waals surface area (Å²) in [5.41, 5.74) is 1.97. The molecule has 0 aliphatic rings. The zero-order chi connectivity index (χ0) is 17.4. The van der Waals surface area contributed by atoms with Crippen LogP contribution in [0, 0.1) is 0 Å². The summed E-state index contributed by atoms with van der Waals surface area (Å²) in [5.74, 6) is -0.348. The number of hydrogen-bond acceptors (Lipinski definition) is 2. The van der Waals surface area contributed by atoms with Crippen molar-refractivity contribution in [1.29, 1.82) is 0 Å². The smallest absolute Gasteiger partial charge is 0.239 e. The van der Waals surface area contributed by atoms with Gasteiger partial charge in [-0.2, -0.15) is 0 Å². The first-order valence-electron chi connectivity index (χ1n) is 7.94. The number of amides is 2. The molecule has 1 atom stereocenters. The predicted molar refractivity (Wildman–Crippen MR) is 98.5 cm³/mol.